The van der Waals surface area contributed by atoms with Gasteiger partial charge in [0.15, 0.2) is 0 Å². The van der Waals surface area contributed by atoms with Crippen LogP contribution in [0.15, 0.2) is 33.4 Å². The SMILES string of the molecule is OCc1cc(Br)cc2ccoc12. The quantitative estimate of drug-likeness (QED) is 0.812. The zero-order chi connectivity index (χ0) is 8.55. The molecule has 0 saturated heterocycles. The Labute approximate surface area is 77.9 Å². The fraction of sp³-hybridized carbons (Fsp3) is 0.111. The van der Waals surface area contributed by atoms with Crippen molar-refractivity contribution < 1.29 is 9.52 Å². The average Bonchev–Trinajstić information content (AvgIpc) is 2.50. The van der Waals surface area contributed by atoms with Gasteiger partial charge in [0.2, 0.25) is 0 Å². The lowest BCUT2D eigenvalue weighted by Crippen LogP contribution is -1.83. The molecule has 0 aliphatic heterocycles. The fourth-order valence-corrected chi connectivity index (χ4v) is 1.76. The molecule has 1 aromatic carbocycles. The third-order valence-electron chi connectivity index (χ3n) is 1.76. The summed E-state index contributed by atoms with van der Waals surface area (Å²) in [5.41, 5.74) is 1.57. The number of fused-ring (bicyclic) bond motifs is 1. The van der Waals surface area contributed by atoms with E-state index in [9.17, 15) is 0 Å². The minimum absolute atomic E-state index is 0.00343. The molecule has 0 bridgehead atoms. The monoisotopic (exact) mass is 226 g/mol. The first-order valence-electron chi connectivity index (χ1n) is 3.58. The van der Waals surface area contributed by atoms with Crippen molar-refractivity contribution in [3.8, 4) is 0 Å². The van der Waals surface area contributed by atoms with Crippen LogP contribution in [0.1, 0.15) is 5.56 Å². The van der Waals surface area contributed by atoms with E-state index in [0.717, 1.165) is 21.0 Å². The first kappa shape index (κ1) is 7.83. The van der Waals surface area contributed by atoms with Crippen LogP contribution in [0.4, 0.5) is 0 Å². The molecule has 2 aromatic rings. The smallest absolute Gasteiger partial charge is 0.139 e. The highest BCUT2D eigenvalue weighted by Gasteiger charge is 2.04. The van der Waals surface area contributed by atoms with Crippen LogP contribution in [-0.2, 0) is 6.61 Å². The Morgan fingerprint density at radius 3 is 3.00 bits per heavy atom. The van der Waals surface area contributed by atoms with Gasteiger partial charge in [-0.1, -0.05) is 15.9 Å². The van der Waals surface area contributed by atoms with E-state index in [1.165, 1.54) is 0 Å². The Morgan fingerprint density at radius 2 is 2.25 bits per heavy atom. The highest BCUT2D eigenvalue weighted by molar-refractivity contribution is 9.10. The highest BCUT2D eigenvalue weighted by atomic mass is 79.9. The van der Waals surface area contributed by atoms with Crippen LogP contribution >= 0.6 is 15.9 Å². The van der Waals surface area contributed by atoms with Crippen molar-refractivity contribution in [2.75, 3.05) is 0 Å². The summed E-state index contributed by atoms with van der Waals surface area (Å²) in [6.07, 6.45) is 1.62. The molecule has 0 aliphatic carbocycles. The minimum atomic E-state index is 0.00343. The maximum absolute atomic E-state index is 9.00. The van der Waals surface area contributed by atoms with Crippen LogP contribution in [-0.4, -0.2) is 5.11 Å². The number of hydrogen-bond acceptors (Lipinski definition) is 2. The molecule has 0 spiro atoms. The fourth-order valence-electron chi connectivity index (χ4n) is 1.23. The van der Waals surface area contributed by atoms with Gasteiger partial charge in [0.1, 0.15) is 5.58 Å². The molecule has 12 heavy (non-hydrogen) atoms. The first-order chi connectivity index (χ1) is 5.81. The van der Waals surface area contributed by atoms with Crippen molar-refractivity contribution in [2.24, 2.45) is 0 Å². The van der Waals surface area contributed by atoms with Crippen LogP contribution in [0, 0.1) is 0 Å². The summed E-state index contributed by atoms with van der Waals surface area (Å²) >= 11 is 3.36. The molecule has 0 saturated carbocycles. The predicted octanol–water partition coefficient (Wildman–Crippen LogP) is 2.69. The van der Waals surface area contributed by atoms with E-state index >= 15 is 0 Å². The summed E-state index contributed by atoms with van der Waals surface area (Å²) in [6.45, 7) is 0.00343. The van der Waals surface area contributed by atoms with Crippen LogP contribution in [0.2, 0.25) is 0 Å². The molecule has 0 fully saturated rings. The summed E-state index contributed by atoms with van der Waals surface area (Å²) in [5, 5.41) is 10.0. The molecule has 2 nitrogen and oxygen atoms in total. The van der Waals surface area contributed by atoms with Crippen LogP contribution in [0.25, 0.3) is 11.0 Å². The van der Waals surface area contributed by atoms with Gasteiger partial charge in [-0.15, -0.1) is 0 Å². The molecule has 1 heterocycles. The predicted molar refractivity (Wildman–Crippen MR) is 49.8 cm³/mol. The third kappa shape index (κ3) is 1.15. The van der Waals surface area contributed by atoms with Crippen molar-refractivity contribution in [3.63, 3.8) is 0 Å². The molecule has 1 N–H and O–H groups in total. The van der Waals surface area contributed by atoms with E-state index < -0.39 is 0 Å². The Hall–Kier alpha value is -0.800. The number of hydrogen-bond donors (Lipinski definition) is 1. The molecule has 0 radical (unpaired) electrons. The van der Waals surface area contributed by atoms with Gasteiger partial charge in [0.25, 0.3) is 0 Å². The highest BCUT2D eigenvalue weighted by Crippen LogP contribution is 2.24. The van der Waals surface area contributed by atoms with E-state index in [-0.39, 0.29) is 6.61 Å². The number of rotatable bonds is 1. The molecule has 0 amide bonds. The Morgan fingerprint density at radius 1 is 1.42 bits per heavy atom. The Balaban J connectivity index is 2.80. The molecule has 1 aromatic heterocycles. The number of aliphatic hydroxyl groups is 1. The van der Waals surface area contributed by atoms with E-state index in [0.29, 0.717) is 0 Å². The van der Waals surface area contributed by atoms with E-state index in [4.69, 9.17) is 9.52 Å². The summed E-state index contributed by atoms with van der Waals surface area (Å²) in [5.74, 6) is 0. The van der Waals surface area contributed by atoms with Crippen molar-refractivity contribution in [1.29, 1.82) is 0 Å². The van der Waals surface area contributed by atoms with Gasteiger partial charge in [0.05, 0.1) is 12.9 Å². The third-order valence-corrected chi connectivity index (χ3v) is 2.22. The number of aliphatic hydroxyl groups excluding tert-OH is 1. The number of halogens is 1. The maximum Gasteiger partial charge on any atom is 0.139 e. The lowest BCUT2D eigenvalue weighted by Gasteiger charge is -1.98. The molecule has 0 unspecified atom stereocenters. The lowest BCUT2D eigenvalue weighted by molar-refractivity contribution is 0.281. The van der Waals surface area contributed by atoms with Crippen molar-refractivity contribution in [2.45, 2.75) is 6.61 Å². The second-order valence-electron chi connectivity index (χ2n) is 2.56. The zero-order valence-electron chi connectivity index (χ0n) is 6.25. The second kappa shape index (κ2) is 2.92. The molecule has 3 heteroatoms. The first-order valence-corrected chi connectivity index (χ1v) is 4.37. The van der Waals surface area contributed by atoms with Gasteiger partial charge >= 0.3 is 0 Å². The van der Waals surface area contributed by atoms with Crippen LogP contribution in [0.3, 0.4) is 0 Å². The molecule has 62 valence electrons. The number of furan rings is 1. The van der Waals surface area contributed by atoms with Crippen molar-refractivity contribution >= 4 is 26.9 Å². The van der Waals surface area contributed by atoms with Crippen molar-refractivity contribution in [3.05, 3.63) is 34.5 Å². The van der Waals surface area contributed by atoms with Gasteiger partial charge in [-0.05, 0) is 18.2 Å². The van der Waals surface area contributed by atoms with Gasteiger partial charge in [0, 0.05) is 15.4 Å². The Bertz CT molecular complexity index is 406. The molecular formula is C9H7BrO2. The van der Waals surface area contributed by atoms with Gasteiger partial charge in [-0.2, -0.15) is 0 Å². The van der Waals surface area contributed by atoms with Crippen LogP contribution < -0.4 is 0 Å². The molecular weight excluding hydrogens is 220 g/mol. The van der Waals surface area contributed by atoms with E-state index in [1.54, 1.807) is 6.26 Å². The maximum atomic E-state index is 9.00. The largest absolute Gasteiger partial charge is 0.464 e. The van der Waals surface area contributed by atoms with Crippen LogP contribution in [0.5, 0.6) is 0 Å². The molecule has 2 rings (SSSR count). The van der Waals surface area contributed by atoms with Gasteiger partial charge in [-0.25, -0.2) is 0 Å². The molecule has 0 aliphatic rings. The summed E-state index contributed by atoms with van der Waals surface area (Å²) in [6, 6.07) is 5.68. The standard InChI is InChI=1S/C9H7BrO2/c10-8-3-6-1-2-12-9(6)7(4-8)5-11/h1-4,11H,5H2. The van der Waals surface area contributed by atoms with Gasteiger partial charge < -0.3 is 9.52 Å². The second-order valence-corrected chi connectivity index (χ2v) is 3.48. The minimum Gasteiger partial charge on any atom is -0.464 e. The van der Waals surface area contributed by atoms with E-state index in [2.05, 4.69) is 15.9 Å². The topological polar surface area (TPSA) is 33.4 Å². The number of benzene rings is 1. The lowest BCUT2D eigenvalue weighted by atomic mass is 10.2. The average molecular weight is 227 g/mol. The van der Waals surface area contributed by atoms with Gasteiger partial charge in [-0.3, -0.25) is 0 Å². The normalized spacial score (nSPS) is 10.8. The Kier molecular flexibility index (Phi) is 1.90. The van der Waals surface area contributed by atoms with Crippen molar-refractivity contribution in [1.82, 2.24) is 0 Å². The molecule has 0 atom stereocenters. The summed E-state index contributed by atoms with van der Waals surface area (Å²) < 4.78 is 6.17. The van der Waals surface area contributed by atoms with E-state index in [1.807, 2.05) is 18.2 Å². The summed E-state index contributed by atoms with van der Waals surface area (Å²) in [7, 11) is 0. The summed E-state index contributed by atoms with van der Waals surface area (Å²) in [4.78, 5) is 0. The zero-order valence-corrected chi connectivity index (χ0v) is 7.84.